The fraction of sp³-hybridized carbons (Fsp3) is 0.235. The van der Waals surface area contributed by atoms with Gasteiger partial charge in [-0.2, -0.15) is 0 Å². The van der Waals surface area contributed by atoms with E-state index in [9.17, 15) is 4.79 Å². The molecule has 0 heterocycles. The molecule has 0 aliphatic heterocycles. The van der Waals surface area contributed by atoms with Crippen LogP contribution in [0, 0.1) is 13.8 Å². The molecule has 0 radical (unpaired) electrons. The third-order valence-electron chi connectivity index (χ3n) is 3.49. The smallest absolute Gasteiger partial charge is 0.323 e. The van der Waals surface area contributed by atoms with E-state index in [0.717, 1.165) is 16.8 Å². The molecule has 0 spiro atoms. The summed E-state index contributed by atoms with van der Waals surface area (Å²) in [7, 11) is 3.12. The molecule has 2 aromatic carbocycles. The lowest BCUT2D eigenvalue weighted by Gasteiger charge is -2.13. The van der Waals surface area contributed by atoms with Crippen LogP contribution in [0.1, 0.15) is 11.1 Å². The Kier molecular flexibility index (Phi) is 4.88. The first kappa shape index (κ1) is 15.7. The molecule has 0 saturated heterocycles. The fourth-order valence-electron chi connectivity index (χ4n) is 2.09. The Morgan fingerprint density at radius 1 is 0.955 bits per heavy atom. The zero-order chi connectivity index (χ0) is 16.1. The van der Waals surface area contributed by atoms with E-state index in [2.05, 4.69) is 10.6 Å². The number of hydrogen-bond acceptors (Lipinski definition) is 3. The number of aryl methyl sites for hydroxylation is 1. The molecule has 0 unspecified atom stereocenters. The van der Waals surface area contributed by atoms with Gasteiger partial charge in [-0.3, -0.25) is 0 Å². The zero-order valence-electron chi connectivity index (χ0n) is 13.2. The summed E-state index contributed by atoms with van der Waals surface area (Å²) >= 11 is 0. The number of urea groups is 1. The van der Waals surface area contributed by atoms with E-state index >= 15 is 0 Å². The maximum Gasteiger partial charge on any atom is 0.323 e. The summed E-state index contributed by atoms with van der Waals surface area (Å²) in [5.41, 5.74) is 3.59. The predicted molar refractivity (Wildman–Crippen MR) is 88.1 cm³/mol. The molecule has 5 nitrogen and oxygen atoms in total. The molecule has 2 amide bonds. The average molecular weight is 300 g/mol. The molecule has 0 aliphatic carbocycles. The van der Waals surface area contributed by atoms with Gasteiger partial charge in [0, 0.05) is 17.4 Å². The van der Waals surface area contributed by atoms with E-state index in [-0.39, 0.29) is 6.03 Å². The topological polar surface area (TPSA) is 59.6 Å². The molecule has 0 fully saturated rings. The van der Waals surface area contributed by atoms with Crippen LogP contribution in [-0.4, -0.2) is 20.3 Å². The number of carbonyl (C=O) groups excluding carboxylic acids is 1. The Morgan fingerprint density at radius 2 is 1.68 bits per heavy atom. The summed E-state index contributed by atoms with van der Waals surface area (Å²) in [6.07, 6.45) is 0. The van der Waals surface area contributed by atoms with E-state index < -0.39 is 0 Å². The van der Waals surface area contributed by atoms with Gasteiger partial charge >= 0.3 is 6.03 Å². The molecule has 22 heavy (non-hydrogen) atoms. The van der Waals surface area contributed by atoms with Crippen molar-refractivity contribution in [2.75, 3.05) is 24.9 Å². The van der Waals surface area contributed by atoms with Crippen molar-refractivity contribution < 1.29 is 14.3 Å². The summed E-state index contributed by atoms with van der Waals surface area (Å²) < 4.78 is 10.4. The van der Waals surface area contributed by atoms with E-state index in [1.54, 1.807) is 32.4 Å². The van der Waals surface area contributed by atoms with E-state index in [1.165, 1.54) is 0 Å². The van der Waals surface area contributed by atoms with Crippen LogP contribution in [0.25, 0.3) is 0 Å². The standard InChI is InChI=1S/C17H20N2O3/c1-11-6-5-7-14(12(11)2)19-17(20)18-13-8-9-15(21-3)16(10-13)22-4/h5-10H,1-4H3,(H2,18,19,20). The Morgan fingerprint density at radius 3 is 2.36 bits per heavy atom. The number of benzene rings is 2. The molecule has 0 atom stereocenters. The number of methoxy groups -OCH3 is 2. The first-order valence-corrected chi connectivity index (χ1v) is 6.91. The van der Waals surface area contributed by atoms with Crippen LogP contribution in [-0.2, 0) is 0 Å². The van der Waals surface area contributed by atoms with Crippen molar-refractivity contribution in [3.8, 4) is 11.5 Å². The predicted octanol–water partition coefficient (Wildman–Crippen LogP) is 3.96. The second-order valence-corrected chi connectivity index (χ2v) is 4.90. The van der Waals surface area contributed by atoms with E-state index in [0.29, 0.717) is 17.2 Å². The van der Waals surface area contributed by atoms with Gasteiger partial charge in [0.25, 0.3) is 0 Å². The van der Waals surface area contributed by atoms with Crippen LogP contribution in [0.15, 0.2) is 36.4 Å². The van der Waals surface area contributed by atoms with Gasteiger partial charge in [0.1, 0.15) is 0 Å². The van der Waals surface area contributed by atoms with Gasteiger partial charge in [-0.25, -0.2) is 4.79 Å². The molecule has 2 aromatic rings. The van der Waals surface area contributed by atoms with Crippen LogP contribution in [0.2, 0.25) is 0 Å². The number of carbonyl (C=O) groups is 1. The van der Waals surface area contributed by atoms with Crippen molar-refractivity contribution in [3.05, 3.63) is 47.5 Å². The summed E-state index contributed by atoms with van der Waals surface area (Å²) in [6, 6.07) is 10.7. The zero-order valence-corrected chi connectivity index (χ0v) is 13.2. The summed E-state index contributed by atoms with van der Waals surface area (Å²) in [5.74, 6) is 1.18. The highest BCUT2D eigenvalue weighted by Crippen LogP contribution is 2.29. The Labute approximate surface area is 130 Å². The highest BCUT2D eigenvalue weighted by atomic mass is 16.5. The minimum atomic E-state index is -0.305. The van der Waals surface area contributed by atoms with Crippen molar-refractivity contribution >= 4 is 17.4 Å². The van der Waals surface area contributed by atoms with Gasteiger partial charge < -0.3 is 20.1 Å². The maximum absolute atomic E-state index is 12.1. The molecule has 0 aromatic heterocycles. The third-order valence-corrected chi connectivity index (χ3v) is 3.49. The molecule has 5 heteroatoms. The van der Waals surface area contributed by atoms with Crippen molar-refractivity contribution in [2.45, 2.75) is 13.8 Å². The number of rotatable bonds is 4. The summed E-state index contributed by atoms with van der Waals surface area (Å²) in [5, 5.41) is 5.62. The maximum atomic E-state index is 12.1. The molecule has 2 N–H and O–H groups in total. The van der Waals surface area contributed by atoms with Crippen molar-refractivity contribution in [2.24, 2.45) is 0 Å². The number of nitrogens with one attached hydrogen (secondary N) is 2. The second kappa shape index (κ2) is 6.85. The second-order valence-electron chi connectivity index (χ2n) is 4.90. The Bertz CT molecular complexity index is 684. The molecule has 0 bridgehead atoms. The molecular weight excluding hydrogens is 280 g/mol. The van der Waals surface area contributed by atoms with Gasteiger partial charge in [0.2, 0.25) is 0 Å². The van der Waals surface area contributed by atoms with Gasteiger partial charge in [-0.15, -0.1) is 0 Å². The van der Waals surface area contributed by atoms with Gasteiger partial charge in [0.15, 0.2) is 11.5 Å². The molecule has 0 saturated carbocycles. The third kappa shape index (κ3) is 3.49. The molecular formula is C17H20N2O3. The largest absolute Gasteiger partial charge is 0.493 e. The van der Waals surface area contributed by atoms with Crippen LogP contribution in [0.5, 0.6) is 11.5 Å². The van der Waals surface area contributed by atoms with Crippen molar-refractivity contribution in [1.29, 1.82) is 0 Å². The quantitative estimate of drug-likeness (QED) is 0.898. The highest BCUT2D eigenvalue weighted by molar-refractivity contribution is 6.00. The first-order chi connectivity index (χ1) is 10.5. The van der Waals surface area contributed by atoms with Crippen LogP contribution in [0.3, 0.4) is 0 Å². The van der Waals surface area contributed by atoms with Gasteiger partial charge in [-0.05, 0) is 43.2 Å². The number of hydrogen-bond donors (Lipinski definition) is 2. The van der Waals surface area contributed by atoms with Gasteiger partial charge in [-0.1, -0.05) is 12.1 Å². The average Bonchev–Trinajstić information content (AvgIpc) is 2.51. The minimum Gasteiger partial charge on any atom is -0.493 e. The lowest BCUT2D eigenvalue weighted by molar-refractivity contribution is 0.262. The SMILES string of the molecule is COc1ccc(NC(=O)Nc2cccc(C)c2C)cc1OC. The van der Waals surface area contributed by atoms with Crippen LogP contribution >= 0.6 is 0 Å². The van der Waals surface area contributed by atoms with E-state index in [4.69, 9.17) is 9.47 Å². The monoisotopic (exact) mass is 300 g/mol. The van der Waals surface area contributed by atoms with Crippen molar-refractivity contribution in [1.82, 2.24) is 0 Å². The minimum absolute atomic E-state index is 0.305. The number of amides is 2. The lowest BCUT2D eigenvalue weighted by atomic mass is 10.1. The first-order valence-electron chi connectivity index (χ1n) is 6.91. The van der Waals surface area contributed by atoms with E-state index in [1.807, 2.05) is 32.0 Å². The summed E-state index contributed by atoms with van der Waals surface area (Å²) in [6.45, 7) is 3.98. The number of anilines is 2. The normalized spacial score (nSPS) is 10.0. The lowest BCUT2D eigenvalue weighted by Crippen LogP contribution is -2.20. The van der Waals surface area contributed by atoms with Crippen LogP contribution < -0.4 is 20.1 Å². The van der Waals surface area contributed by atoms with Crippen molar-refractivity contribution in [3.63, 3.8) is 0 Å². The molecule has 116 valence electrons. The fourth-order valence-corrected chi connectivity index (χ4v) is 2.09. The summed E-state index contributed by atoms with van der Waals surface area (Å²) in [4.78, 5) is 12.1. The number of ether oxygens (including phenoxy) is 2. The Hall–Kier alpha value is -2.69. The molecule has 2 rings (SSSR count). The van der Waals surface area contributed by atoms with Gasteiger partial charge in [0.05, 0.1) is 14.2 Å². The molecule has 0 aliphatic rings. The highest BCUT2D eigenvalue weighted by Gasteiger charge is 2.09. The van der Waals surface area contributed by atoms with Crippen LogP contribution in [0.4, 0.5) is 16.2 Å². The Balaban J connectivity index is 2.10.